The van der Waals surface area contributed by atoms with Gasteiger partial charge in [0.1, 0.15) is 16.1 Å². The van der Waals surface area contributed by atoms with Crippen LogP contribution >= 0.6 is 11.3 Å². The lowest BCUT2D eigenvalue weighted by Crippen LogP contribution is -2.27. The fourth-order valence-corrected chi connectivity index (χ4v) is 3.65. The van der Waals surface area contributed by atoms with Crippen LogP contribution in [0.3, 0.4) is 0 Å². The minimum Gasteiger partial charge on any atom is -0.325 e. The Labute approximate surface area is 146 Å². The lowest BCUT2D eigenvalue weighted by atomic mass is 10.2. The third-order valence-corrected chi connectivity index (χ3v) is 4.96. The summed E-state index contributed by atoms with van der Waals surface area (Å²) in [4.78, 5) is 34.3. The molecule has 1 aromatic carbocycles. The topological polar surface area (TPSA) is 76.9 Å². The summed E-state index contributed by atoms with van der Waals surface area (Å²) in [5.41, 5.74) is 2.21. The van der Waals surface area contributed by atoms with Crippen LogP contribution in [0.5, 0.6) is 0 Å². The molecule has 0 fully saturated rings. The van der Waals surface area contributed by atoms with Crippen LogP contribution in [0.4, 0.5) is 5.69 Å². The maximum atomic E-state index is 12.7. The van der Waals surface area contributed by atoms with Gasteiger partial charge in [-0.25, -0.2) is 9.97 Å². The van der Waals surface area contributed by atoms with Crippen molar-refractivity contribution >= 4 is 43.4 Å². The molecule has 1 amide bonds. The molecular formula is C18H14N4O2S. The van der Waals surface area contributed by atoms with Gasteiger partial charge in [0.05, 0.1) is 11.8 Å². The number of amides is 1. The van der Waals surface area contributed by atoms with E-state index in [1.54, 1.807) is 6.20 Å². The summed E-state index contributed by atoms with van der Waals surface area (Å²) in [6, 6.07) is 11.2. The maximum Gasteiger partial charge on any atom is 0.271 e. The highest BCUT2D eigenvalue weighted by molar-refractivity contribution is 7.25. The molecule has 0 aliphatic carbocycles. The van der Waals surface area contributed by atoms with Gasteiger partial charge in [0, 0.05) is 17.3 Å². The zero-order valence-electron chi connectivity index (χ0n) is 13.4. The summed E-state index contributed by atoms with van der Waals surface area (Å²) in [6.45, 7) is 1.89. The van der Waals surface area contributed by atoms with Crippen LogP contribution < -0.4 is 10.9 Å². The molecule has 0 bridgehead atoms. The molecule has 3 heterocycles. The first kappa shape index (κ1) is 15.5. The predicted molar refractivity (Wildman–Crippen MR) is 99.0 cm³/mol. The first-order chi connectivity index (χ1) is 12.1. The second kappa shape index (κ2) is 6.10. The maximum absolute atomic E-state index is 12.7. The number of hydrogen-bond acceptors (Lipinski definition) is 5. The Morgan fingerprint density at radius 2 is 2.00 bits per heavy atom. The first-order valence-electron chi connectivity index (χ1n) is 7.71. The zero-order valence-corrected chi connectivity index (χ0v) is 14.2. The third-order valence-electron chi connectivity index (χ3n) is 3.87. The molecule has 1 N–H and O–H groups in total. The number of fused-ring (bicyclic) bond motifs is 3. The Balaban J connectivity index is 1.64. The summed E-state index contributed by atoms with van der Waals surface area (Å²) in [5.74, 6) is -0.272. The lowest BCUT2D eigenvalue weighted by Gasteiger charge is -2.07. The number of carbonyl (C=O) groups is 1. The molecule has 124 valence electrons. The largest absolute Gasteiger partial charge is 0.325 e. The summed E-state index contributed by atoms with van der Waals surface area (Å²) in [6.07, 6.45) is 3.10. The van der Waals surface area contributed by atoms with Gasteiger partial charge in [-0.2, -0.15) is 0 Å². The molecule has 0 spiro atoms. The van der Waals surface area contributed by atoms with E-state index in [9.17, 15) is 9.59 Å². The molecule has 0 atom stereocenters. The van der Waals surface area contributed by atoms with Gasteiger partial charge in [0.15, 0.2) is 0 Å². The Morgan fingerprint density at radius 1 is 1.20 bits per heavy atom. The van der Waals surface area contributed by atoms with Crippen molar-refractivity contribution in [3.05, 3.63) is 64.8 Å². The number of nitrogens with zero attached hydrogens (tertiary/aromatic N) is 3. The van der Waals surface area contributed by atoms with E-state index in [0.717, 1.165) is 15.8 Å². The molecule has 0 radical (unpaired) electrons. The van der Waals surface area contributed by atoms with E-state index in [1.807, 2.05) is 43.3 Å². The minimum absolute atomic E-state index is 0.0860. The van der Waals surface area contributed by atoms with Crippen LogP contribution in [0.25, 0.3) is 20.4 Å². The van der Waals surface area contributed by atoms with Crippen LogP contribution in [0.2, 0.25) is 0 Å². The highest BCUT2D eigenvalue weighted by Gasteiger charge is 2.13. The molecule has 4 rings (SSSR count). The number of aryl methyl sites for hydroxylation is 1. The molecule has 4 aromatic rings. The predicted octanol–water partition coefficient (Wildman–Crippen LogP) is 2.95. The number of thiophene rings is 1. The van der Waals surface area contributed by atoms with Gasteiger partial charge in [-0.15, -0.1) is 11.3 Å². The van der Waals surface area contributed by atoms with Crippen LogP contribution in [-0.4, -0.2) is 20.4 Å². The van der Waals surface area contributed by atoms with Crippen LogP contribution in [-0.2, 0) is 11.3 Å². The van der Waals surface area contributed by atoms with Crippen molar-refractivity contribution < 1.29 is 4.79 Å². The number of rotatable bonds is 3. The molecule has 25 heavy (non-hydrogen) atoms. The van der Waals surface area contributed by atoms with Gasteiger partial charge in [0.2, 0.25) is 5.91 Å². The molecule has 0 saturated heterocycles. The second-order valence-electron chi connectivity index (χ2n) is 5.73. The van der Waals surface area contributed by atoms with Crippen molar-refractivity contribution in [2.75, 3.05) is 5.32 Å². The molecule has 0 aliphatic heterocycles. The molecule has 0 aliphatic rings. The fraction of sp³-hybridized carbons (Fsp3) is 0.111. The second-order valence-corrected chi connectivity index (χ2v) is 6.73. The highest BCUT2D eigenvalue weighted by atomic mass is 32.1. The van der Waals surface area contributed by atoms with E-state index in [0.29, 0.717) is 15.9 Å². The van der Waals surface area contributed by atoms with Gasteiger partial charge in [-0.3, -0.25) is 14.2 Å². The Bertz CT molecular complexity index is 1150. The average molecular weight is 350 g/mol. The summed E-state index contributed by atoms with van der Waals surface area (Å²) >= 11 is 1.30. The van der Waals surface area contributed by atoms with Gasteiger partial charge in [0.25, 0.3) is 5.56 Å². The number of carbonyl (C=O) groups excluding carboxylic acids is 1. The first-order valence-corrected chi connectivity index (χ1v) is 8.52. The van der Waals surface area contributed by atoms with Crippen LogP contribution in [0.15, 0.2) is 53.7 Å². The van der Waals surface area contributed by atoms with Crippen molar-refractivity contribution in [1.82, 2.24) is 14.5 Å². The Hall–Kier alpha value is -3.06. The summed E-state index contributed by atoms with van der Waals surface area (Å²) in [5, 5.41) is 3.64. The van der Waals surface area contributed by atoms with Crippen molar-refractivity contribution in [3.8, 4) is 0 Å². The number of nitrogens with one attached hydrogen (secondary N) is 1. The van der Waals surface area contributed by atoms with Crippen LogP contribution in [0, 0.1) is 6.92 Å². The standard InChI is InChI=1S/C18H14N4O2S/c1-11-4-6-12(7-5-11)21-14(23)9-22-10-20-15-13-3-2-8-19-17(13)25-16(15)18(22)24/h2-8,10H,9H2,1H3,(H,21,23). The van der Waals surface area contributed by atoms with E-state index in [1.165, 1.54) is 22.2 Å². The fourth-order valence-electron chi connectivity index (χ4n) is 2.61. The zero-order chi connectivity index (χ0) is 17.4. The number of aromatic nitrogens is 3. The smallest absolute Gasteiger partial charge is 0.271 e. The lowest BCUT2D eigenvalue weighted by molar-refractivity contribution is -0.116. The van der Waals surface area contributed by atoms with E-state index in [-0.39, 0.29) is 18.0 Å². The highest BCUT2D eigenvalue weighted by Crippen LogP contribution is 2.27. The Morgan fingerprint density at radius 3 is 2.80 bits per heavy atom. The number of pyridine rings is 1. The number of hydrogen-bond donors (Lipinski definition) is 1. The molecule has 0 saturated carbocycles. The minimum atomic E-state index is -0.272. The van der Waals surface area contributed by atoms with E-state index >= 15 is 0 Å². The van der Waals surface area contributed by atoms with Crippen molar-refractivity contribution in [3.63, 3.8) is 0 Å². The van der Waals surface area contributed by atoms with Gasteiger partial charge < -0.3 is 5.32 Å². The van der Waals surface area contributed by atoms with E-state index in [2.05, 4.69) is 15.3 Å². The molecule has 0 unspecified atom stereocenters. The average Bonchev–Trinajstić information content (AvgIpc) is 2.99. The van der Waals surface area contributed by atoms with Crippen molar-refractivity contribution in [2.45, 2.75) is 13.5 Å². The van der Waals surface area contributed by atoms with Crippen molar-refractivity contribution in [1.29, 1.82) is 0 Å². The molecule has 6 nitrogen and oxygen atoms in total. The quantitative estimate of drug-likeness (QED) is 0.616. The van der Waals surface area contributed by atoms with E-state index < -0.39 is 0 Å². The summed E-state index contributed by atoms with van der Waals surface area (Å²) in [7, 11) is 0. The molecule has 3 aromatic heterocycles. The monoisotopic (exact) mass is 350 g/mol. The Kier molecular flexibility index (Phi) is 3.77. The molecular weight excluding hydrogens is 336 g/mol. The van der Waals surface area contributed by atoms with Gasteiger partial charge >= 0.3 is 0 Å². The van der Waals surface area contributed by atoms with Crippen LogP contribution in [0.1, 0.15) is 5.56 Å². The van der Waals surface area contributed by atoms with Gasteiger partial charge in [-0.05, 0) is 31.2 Å². The third kappa shape index (κ3) is 2.89. The number of benzene rings is 1. The van der Waals surface area contributed by atoms with E-state index in [4.69, 9.17) is 0 Å². The molecule has 7 heteroatoms. The van der Waals surface area contributed by atoms with Crippen molar-refractivity contribution in [2.24, 2.45) is 0 Å². The SMILES string of the molecule is Cc1ccc(NC(=O)Cn2cnc3c(sc4ncccc43)c2=O)cc1. The summed E-state index contributed by atoms with van der Waals surface area (Å²) < 4.78 is 1.83. The van der Waals surface area contributed by atoms with Gasteiger partial charge in [-0.1, -0.05) is 17.7 Å². The normalized spacial score (nSPS) is 11.1. The number of anilines is 1.